The van der Waals surface area contributed by atoms with E-state index in [1.165, 1.54) is 11.8 Å². The minimum absolute atomic E-state index is 0.0534. The number of ether oxygens (including phenoxy) is 4. The summed E-state index contributed by atoms with van der Waals surface area (Å²) in [6.45, 7) is 0.751. The summed E-state index contributed by atoms with van der Waals surface area (Å²) in [5, 5.41) is 3.99. The van der Waals surface area contributed by atoms with E-state index in [0.717, 1.165) is 37.2 Å². The van der Waals surface area contributed by atoms with Gasteiger partial charge in [0.15, 0.2) is 33.6 Å². The Labute approximate surface area is 179 Å². The Kier molecular flexibility index (Phi) is 6.14. The van der Waals surface area contributed by atoms with Crippen molar-refractivity contribution in [1.29, 1.82) is 0 Å². The summed E-state index contributed by atoms with van der Waals surface area (Å²) in [4.78, 5) is 13.9. The number of methoxy groups -OCH3 is 3. The first-order valence-corrected chi connectivity index (χ1v) is 10.9. The summed E-state index contributed by atoms with van der Waals surface area (Å²) in [5.74, 6) is 2.24. The van der Waals surface area contributed by atoms with Crippen molar-refractivity contribution >= 4 is 34.4 Å². The third-order valence-electron chi connectivity index (χ3n) is 4.98. The zero-order chi connectivity index (χ0) is 21.1. The van der Waals surface area contributed by atoms with Gasteiger partial charge >= 0.3 is 0 Å². The van der Waals surface area contributed by atoms with Crippen LogP contribution in [0.25, 0.3) is 11.2 Å². The Morgan fingerprint density at radius 2 is 1.87 bits per heavy atom. The number of nitrogens with one attached hydrogen (secondary N) is 1. The molecule has 3 aromatic rings. The third kappa shape index (κ3) is 3.84. The molecule has 0 saturated carbocycles. The minimum atomic E-state index is -0.0534. The van der Waals surface area contributed by atoms with E-state index in [1.807, 2.05) is 23.0 Å². The van der Waals surface area contributed by atoms with E-state index in [2.05, 4.69) is 20.3 Å². The van der Waals surface area contributed by atoms with Gasteiger partial charge in [-0.25, -0.2) is 15.0 Å². The molecular weight excluding hydrogens is 406 g/mol. The lowest BCUT2D eigenvalue weighted by Crippen LogP contribution is -2.17. The monoisotopic (exact) mass is 431 g/mol. The highest BCUT2D eigenvalue weighted by Crippen LogP contribution is 2.41. The van der Waals surface area contributed by atoms with Crippen LogP contribution in [0, 0.1) is 0 Å². The van der Waals surface area contributed by atoms with Crippen LogP contribution in [-0.2, 0) is 4.74 Å². The predicted octanol–water partition coefficient (Wildman–Crippen LogP) is 4.02. The van der Waals surface area contributed by atoms with Gasteiger partial charge < -0.3 is 24.3 Å². The molecule has 1 aliphatic rings. The summed E-state index contributed by atoms with van der Waals surface area (Å²) < 4.78 is 24.2. The van der Waals surface area contributed by atoms with Crippen LogP contribution in [0.5, 0.6) is 17.2 Å². The molecular formula is C20H25N5O4S. The second-order valence-corrected chi connectivity index (χ2v) is 7.52. The number of imidazole rings is 1. The molecule has 1 unspecified atom stereocenters. The van der Waals surface area contributed by atoms with Crippen molar-refractivity contribution in [3.63, 3.8) is 0 Å². The average Bonchev–Trinajstić information content (AvgIpc) is 3.23. The Bertz CT molecular complexity index is 1010. The zero-order valence-electron chi connectivity index (χ0n) is 17.5. The first kappa shape index (κ1) is 20.5. The highest BCUT2D eigenvalue weighted by atomic mass is 32.2. The fraction of sp³-hybridized carbons (Fsp3) is 0.450. The van der Waals surface area contributed by atoms with Gasteiger partial charge in [-0.2, -0.15) is 0 Å². The molecule has 9 nitrogen and oxygen atoms in total. The van der Waals surface area contributed by atoms with Crippen molar-refractivity contribution in [2.45, 2.75) is 30.6 Å². The van der Waals surface area contributed by atoms with Gasteiger partial charge in [-0.05, 0) is 25.5 Å². The molecule has 2 aromatic heterocycles. The van der Waals surface area contributed by atoms with E-state index in [1.54, 1.807) is 27.7 Å². The number of anilines is 2. The number of thioether (sulfide) groups is 1. The predicted molar refractivity (Wildman–Crippen MR) is 115 cm³/mol. The quantitative estimate of drug-likeness (QED) is 0.440. The van der Waals surface area contributed by atoms with Crippen LogP contribution in [0.15, 0.2) is 23.6 Å². The van der Waals surface area contributed by atoms with Crippen molar-refractivity contribution in [2.75, 3.05) is 39.5 Å². The first-order chi connectivity index (χ1) is 14.7. The van der Waals surface area contributed by atoms with Gasteiger partial charge in [-0.15, -0.1) is 0 Å². The van der Waals surface area contributed by atoms with Crippen LogP contribution in [0.1, 0.15) is 25.5 Å². The molecule has 0 radical (unpaired) electrons. The molecule has 1 N–H and O–H groups in total. The lowest BCUT2D eigenvalue weighted by atomic mass is 10.2. The van der Waals surface area contributed by atoms with Gasteiger partial charge in [0.1, 0.15) is 6.23 Å². The lowest BCUT2D eigenvalue weighted by Gasteiger charge is -2.23. The number of aromatic nitrogens is 4. The van der Waals surface area contributed by atoms with Crippen molar-refractivity contribution in [3.8, 4) is 17.2 Å². The Balaban J connectivity index is 1.76. The zero-order valence-corrected chi connectivity index (χ0v) is 18.3. The molecule has 0 spiro atoms. The summed E-state index contributed by atoms with van der Waals surface area (Å²) in [6.07, 6.45) is 6.83. The molecule has 4 rings (SSSR count). The van der Waals surface area contributed by atoms with Crippen molar-refractivity contribution in [3.05, 3.63) is 18.5 Å². The summed E-state index contributed by atoms with van der Waals surface area (Å²) >= 11 is 1.47. The van der Waals surface area contributed by atoms with E-state index < -0.39 is 0 Å². The number of benzene rings is 1. The second-order valence-electron chi connectivity index (χ2n) is 6.74. The summed E-state index contributed by atoms with van der Waals surface area (Å²) in [7, 11) is 4.75. The molecule has 30 heavy (non-hydrogen) atoms. The third-order valence-corrected chi connectivity index (χ3v) is 5.52. The number of rotatable bonds is 7. The van der Waals surface area contributed by atoms with Crippen LogP contribution >= 0.6 is 11.8 Å². The highest BCUT2D eigenvalue weighted by Gasteiger charge is 2.22. The van der Waals surface area contributed by atoms with Crippen molar-refractivity contribution < 1.29 is 18.9 Å². The van der Waals surface area contributed by atoms with E-state index in [4.69, 9.17) is 18.9 Å². The van der Waals surface area contributed by atoms with Crippen LogP contribution in [0.2, 0.25) is 0 Å². The SMILES string of the molecule is COc1cc(Nc2nc(SC)nc3c2ncn3C2CCCCO2)cc(OC)c1OC. The molecule has 0 amide bonds. The molecule has 0 bridgehead atoms. The molecule has 10 heteroatoms. The lowest BCUT2D eigenvalue weighted by molar-refractivity contribution is -0.0298. The van der Waals surface area contributed by atoms with Gasteiger partial charge in [0.25, 0.3) is 0 Å². The van der Waals surface area contributed by atoms with Crippen molar-refractivity contribution in [1.82, 2.24) is 19.5 Å². The minimum Gasteiger partial charge on any atom is -0.493 e. The Morgan fingerprint density at radius 3 is 2.47 bits per heavy atom. The molecule has 3 heterocycles. The van der Waals surface area contributed by atoms with Crippen LogP contribution < -0.4 is 19.5 Å². The smallest absolute Gasteiger partial charge is 0.203 e. The summed E-state index contributed by atoms with van der Waals surface area (Å²) in [5.41, 5.74) is 2.16. The molecule has 0 aliphatic carbocycles. The molecule has 1 atom stereocenters. The molecule has 160 valence electrons. The fourth-order valence-corrected chi connectivity index (χ4v) is 3.88. The molecule has 1 fully saturated rings. The topological polar surface area (TPSA) is 92.6 Å². The van der Waals surface area contributed by atoms with E-state index in [0.29, 0.717) is 33.7 Å². The molecule has 1 saturated heterocycles. The fourth-order valence-electron chi connectivity index (χ4n) is 3.52. The summed E-state index contributed by atoms with van der Waals surface area (Å²) in [6, 6.07) is 3.66. The normalized spacial score (nSPS) is 16.5. The van der Waals surface area contributed by atoms with E-state index in [-0.39, 0.29) is 6.23 Å². The van der Waals surface area contributed by atoms with Crippen molar-refractivity contribution in [2.24, 2.45) is 0 Å². The Hall–Kier alpha value is -2.72. The number of fused-ring (bicyclic) bond motifs is 1. The van der Waals surface area contributed by atoms with Gasteiger partial charge in [0, 0.05) is 24.4 Å². The van der Waals surface area contributed by atoms with Crippen LogP contribution in [-0.4, -0.2) is 53.7 Å². The first-order valence-electron chi connectivity index (χ1n) is 9.65. The van der Waals surface area contributed by atoms with Gasteiger partial charge in [0.2, 0.25) is 5.75 Å². The molecule has 1 aromatic carbocycles. The highest BCUT2D eigenvalue weighted by molar-refractivity contribution is 7.98. The van der Waals surface area contributed by atoms with E-state index in [9.17, 15) is 0 Å². The van der Waals surface area contributed by atoms with E-state index >= 15 is 0 Å². The maximum atomic E-state index is 5.94. The number of hydrogen-bond acceptors (Lipinski definition) is 9. The Morgan fingerprint density at radius 1 is 1.10 bits per heavy atom. The maximum absolute atomic E-state index is 5.94. The van der Waals surface area contributed by atoms with Gasteiger partial charge in [-0.3, -0.25) is 4.57 Å². The largest absolute Gasteiger partial charge is 0.493 e. The number of hydrogen-bond donors (Lipinski definition) is 1. The van der Waals surface area contributed by atoms with Crippen LogP contribution in [0.3, 0.4) is 0 Å². The molecule has 1 aliphatic heterocycles. The average molecular weight is 432 g/mol. The standard InChI is InChI=1S/C20H25N5O4S/c1-26-13-9-12(10-14(27-2)17(13)28-3)22-18-16-19(24-20(23-18)30-4)25(11-21-16)15-7-5-6-8-29-15/h9-11,15H,5-8H2,1-4H3,(H,22,23,24). The second kappa shape index (κ2) is 8.97. The number of nitrogens with zero attached hydrogens (tertiary/aromatic N) is 4. The van der Waals surface area contributed by atoms with Gasteiger partial charge in [-0.1, -0.05) is 11.8 Å². The van der Waals surface area contributed by atoms with Crippen LogP contribution in [0.4, 0.5) is 11.5 Å². The maximum Gasteiger partial charge on any atom is 0.203 e. The van der Waals surface area contributed by atoms with Gasteiger partial charge in [0.05, 0.1) is 27.7 Å².